The van der Waals surface area contributed by atoms with Crippen LogP contribution in [0.2, 0.25) is 0 Å². The molecular weight excluding hydrogens is 170 g/mol. The number of allylic oxidation sites excluding steroid dienone is 1. The lowest BCUT2D eigenvalue weighted by Crippen LogP contribution is -2.32. The molecule has 0 spiro atoms. The summed E-state index contributed by atoms with van der Waals surface area (Å²) in [6.45, 7) is 11.8. The molecule has 0 heterocycles. The topological polar surface area (TPSA) is 12.0 Å². The van der Waals surface area contributed by atoms with Crippen LogP contribution >= 0.6 is 0 Å². The van der Waals surface area contributed by atoms with Crippen molar-refractivity contribution >= 4 is 0 Å². The van der Waals surface area contributed by atoms with E-state index in [4.69, 9.17) is 0 Å². The third kappa shape index (κ3) is 7.14. The van der Waals surface area contributed by atoms with E-state index in [1.54, 1.807) is 0 Å². The summed E-state index contributed by atoms with van der Waals surface area (Å²) < 4.78 is 0. The van der Waals surface area contributed by atoms with Crippen molar-refractivity contribution < 1.29 is 0 Å². The van der Waals surface area contributed by atoms with E-state index < -0.39 is 0 Å². The van der Waals surface area contributed by atoms with Crippen LogP contribution in [-0.2, 0) is 0 Å². The van der Waals surface area contributed by atoms with Gasteiger partial charge in [0.2, 0.25) is 0 Å². The number of hydrogen-bond acceptors (Lipinski definition) is 1. The van der Waals surface area contributed by atoms with Gasteiger partial charge >= 0.3 is 0 Å². The first-order valence-corrected chi connectivity index (χ1v) is 6.06. The summed E-state index contributed by atoms with van der Waals surface area (Å²) in [7, 11) is 0. The van der Waals surface area contributed by atoms with Crippen LogP contribution in [0.5, 0.6) is 0 Å². The van der Waals surface area contributed by atoms with E-state index in [9.17, 15) is 0 Å². The van der Waals surface area contributed by atoms with Crippen LogP contribution in [0.15, 0.2) is 12.7 Å². The first kappa shape index (κ1) is 13.7. The fraction of sp³-hybridized carbons (Fsp3) is 0.846. The van der Waals surface area contributed by atoms with E-state index in [-0.39, 0.29) is 0 Å². The fourth-order valence-corrected chi connectivity index (χ4v) is 1.47. The van der Waals surface area contributed by atoms with Gasteiger partial charge in [-0.25, -0.2) is 0 Å². The fourth-order valence-electron chi connectivity index (χ4n) is 1.47. The van der Waals surface area contributed by atoms with Crippen molar-refractivity contribution in [3.8, 4) is 0 Å². The zero-order valence-electron chi connectivity index (χ0n) is 10.2. The zero-order chi connectivity index (χ0) is 10.8. The van der Waals surface area contributed by atoms with E-state index in [1.165, 1.54) is 38.6 Å². The second kappa shape index (κ2) is 9.26. The lowest BCUT2D eigenvalue weighted by molar-refractivity contribution is 0.386. The van der Waals surface area contributed by atoms with Gasteiger partial charge in [-0.2, -0.15) is 0 Å². The van der Waals surface area contributed by atoms with Crippen LogP contribution in [-0.4, -0.2) is 12.6 Å². The molecule has 0 bridgehead atoms. The normalized spacial score (nSPS) is 15.1. The van der Waals surface area contributed by atoms with Crippen LogP contribution in [0.25, 0.3) is 0 Å². The van der Waals surface area contributed by atoms with E-state index in [0.29, 0.717) is 6.04 Å². The van der Waals surface area contributed by atoms with Gasteiger partial charge in [0.1, 0.15) is 0 Å². The molecule has 0 fully saturated rings. The van der Waals surface area contributed by atoms with Gasteiger partial charge in [0.15, 0.2) is 0 Å². The van der Waals surface area contributed by atoms with Gasteiger partial charge in [0.05, 0.1) is 0 Å². The van der Waals surface area contributed by atoms with Gasteiger partial charge in [0, 0.05) is 6.04 Å². The Morgan fingerprint density at radius 1 is 1.21 bits per heavy atom. The van der Waals surface area contributed by atoms with Crippen molar-refractivity contribution in [1.29, 1.82) is 0 Å². The molecule has 1 heteroatoms. The van der Waals surface area contributed by atoms with Crippen LogP contribution in [0, 0.1) is 5.92 Å². The van der Waals surface area contributed by atoms with E-state index in [0.717, 1.165) is 5.92 Å². The minimum absolute atomic E-state index is 0.666. The molecule has 2 unspecified atom stereocenters. The van der Waals surface area contributed by atoms with Gasteiger partial charge < -0.3 is 5.32 Å². The molecule has 84 valence electrons. The number of unbranched alkanes of at least 4 members (excludes halogenated alkanes) is 3. The van der Waals surface area contributed by atoms with Crippen molar-refractivity contribution in [2.75, 3.05) is 6.54 Å². The monoisotopic (exact) mass is 197 g/mol. The third-order valence-corrected chi connectivity index (χ3v) is 3.05. The minimum atomic E-state index is 0.666. The van der Waals surface area contributed by atoms with Crippen molar-refractivity contribution in [2.45, 2.75) is 58.9 Å². The predicted molar refractivity (Wildman–Crippen MR) is 65.6 cm³/mol. The van der Waals surface area contributed by atoms with Crippen molar-refractivity contribution in [2.24, 2.45) is 5.92 Å². The molecule has 0 aliphatic rings. The first-order chi connectivity index (χ1) is 6.72. The van der Waals surface area contributed by atoms with E-state index in [1.807, 2.05) is 6.08 Å². The highest BCUT2D eigenvalue weighted by atomic mass is 14.9. The van der Waals surface area contributed by atoms with Crippen molar-refractivity contribution in [3.63, 3.8) is 0 Å². The quantitative estimate of drug-likeness (QED) is 0.438. The molecule has 0 saturated carbocycles. The Bertz CT molecular complexity index is 131. The molecule has 0 rings (SSSR count). The summed E-state index contributed by atoms with van der Waals surface area (Å²) in [5, 5.41) is 3.58. The molecule has 2 atom stereocenters. The van der Waals surface area contributed by atoms with Crippen molar-refractivity contribution in [3.05, 3.63) is 12.7 Å². The molecule has 0 aromatic heterocycles. The molecule has 0 aliphatic heterocycles. The van der Waals surface area contributed by atoms with Crippen LogP contribution in [0.1, 0.15) is 52.9 Å². The highest BCUT2D eigenvalue weighted by molar-refractivity contribution is 4.68. The Kier molecular flexibility index (Phi) is 9.06. The number of nitrogens with one attached hydrogen (secondary N) is 1. The van der Waals surface area contributed by atoms with E-state index in [2.05, 4.69) is 32.7 Å². The Morgan fingerprint density at radius 2 is 1.93 bits per heavy atom. The van der Waals surface area contributed by atoms with Gasteiger partial charge in [-0.1, -0.05) is 32.8 Å². The molecule has 0 saturated heterocycles. The Morgan fingerprint density at radius 3 is 2.50 bits per heavy atom. The molecule has 1 nitrogen and oxygen atoms in total. The molecular formula is C13H27N. The summed E-state index contributed by atoms with van der Waals surface area (Å²) in [6.07, 6.45) is 8.37. The standard InChI is InChI=1S/C13H27N/c1-5-7-8-9-10-11-14-13(4)12(3)6-2/h5,12-14H,1,6-11H2,2-4H3. The highest BCUT2D eigenvalue weighted by Crippen LogP contribution is 2.07. The zero-order valence-corrected chi connectivity index (χ0v) is 10.2. The summed E-state index contributed by atoms with van der Waals surface area (Å²) >= 11 is 0. The molecule has 0 amide bonds. The second-order valence-electron chi connectivity index (χ2n) is 4.27. The SMILES string of the molecule is C=CCCCCCNC(C)C(C)CC. The Hall–Kier alpha value is -0.300. The summed E-state index contributed by atoms with van der Waals surface area (Å²) in [4.78, 5) is 0. The average molecular weight is 197 g/mol. The van der Waals surface area contributed by atoms with Gasteiger partial charge in [-0.15, -0.1) is 6.58 Å². The molecule has 0 aliphatic carbocycles. The maximum absolute atomic E-state index is 3.73. The van der Waals surface area contributed by atoms with E-state index >= 15 is 0 Å². The maximum atomic E-state index is 3.73. The summed E-state index contributed by atoms with van der Waals surface area (Å²) in [6, 6.07) is 0.666. The van der Waals surface area contributed by atoms with Gasteiger partial charge in [0.25, 0.3) is 0 Å². The average Bonchev–Trinajstić information content (AvgIpc) is 2.21. The first-order valence-electron chi connectivity index (χ1n) is 6.06. The molecule has 0 aromatic rings. The van der Waals surface area contributed by atoms with Crippen LogP contribution in [0.4, 0.5) is 0 Å². The highest BCUT2D eigenvalue weighted by Gasteiger charge is 2.07. The third-order valence-electron chi connectivity index (χ3n) is 3.05. The summed E-state index contributed by atoms with van der Waals surface area (Å²) in [5.74, 6) is 0.795. The smallest absolute Gasteiger partial charge is 0.00642 e. The van der Waals surface area contributed by atoms with Crippen LogP contribution < -0.4 is 5.32 Å². The molecule has 14 heavy (non-hydrogen) atoms. The molecule has 0 radical (unpaired) electrons. The minimum Gasteiger partial charge on any atom is -0.314 e. The Balaban J connectivity index is 3.22. The number of hydrogen-bond donors (Lipinski definition) is 1. The van der Waals surface area contributed by atoms with Gasteiger partial charge in [-0.3, -0.25) is 0 Å². The summed E-state index contributed by atoms with van der Waals surface area (Å²) in [5.41, 5.74) is 0. The van der Waals surface area contributed by atoms with Gasteiger partial charge in [-0.05, 0) is 38.6 Å². The lowest BCUT2D eigenvalue weighted by atomic mass is 10.0. The largest absolute Gasteiger partial charge is 0.314 e. The maximum Gasteiger partial charge on any atom is 0.00642 e. The predicted octanol–water partition coefficient (Wildman–Crippen LogP) is 3.76. The van der Waals surface area contributed by atoms with Crippen LogP contribution in [0.3, 0.4) is 0 Å². The molecule has 1 N–H and O–H groups in total. The Labute approximate surface area is 90.0 Å². The number of rotatable bonds is 9. The lowest BCUT2D eigenvalue weighted by Gasteiger charge is -2.19. The second-order valence-corrected chi connectivity index (χ2v) is 4.27. The molecule has 0 aromatic carbocycles. The van der Waals surface area contributed by atoms with Crippen molar-refractivity contribution in [1.82, 2.24) is 5.32 Å².